The molecule has 5 nitrogen and oxygen atoms in total. The van der Waals surface area contributed by atoms with Crippen molar-refractivity contribution >= 4 is 46.6 Å². The summed E-state index contributed by atoms with van der Waals surface area (Å²) in [7, 11) is 0. The number of hydrogen-bond donors (Lipinski definition) is 1. The minimum Gasteiger partial charge on any atom is -0.325 e. The molecule has 1 fully saturated rings. The smallest absolute Gasteiger partial charge is 0.325 e. The van der Waals surface area contributed by atoms with Crippen LogP contribution in [-0.2, 0) is 30.3 Å². The third kappa shape index (κ3) is 3.23. The first-order valence-electron chi connectivity index (χ1n) is 11.9. The maximum atomic E-state index is 13.7. The van der Waals surface area contributed by atoms with E-state index >= 15 is 0 Å². The number of hydrogen-bond acceptors (Lipinski definition) is 3. The minimum atomic E-state index is -4.66. The highest BCUT2D eigenvalue weighted by molar-refractivity contribution is 6.36. The van der Waals surface area contributed by atoms with Crippen LogP contribution in [0.1, 0.15) is 34.2 Å². The second-order valence-electron chi connectivity index (χ2n) is 9.64. The SMILES string of the molecule is O=C(CCN1C(=O)[C@@H]2[C@@H](C1=O)C1(Cl)c3ccccc3C2(Cl)c2ccccc21)Nc1ccccc1C(F)(F)F. The molecule has 0 spiro atoms. The predicted molar refractivity (Wildman–Crippen MR) is 135 cm³/mol. The fraction of sp³-hybridized carbons (Fsp3) is 0.250. The van der Waals surface area contributed by atoms with E-state index in [1.807, 2.05) is 0 Å². The summed E-state index contributed by atoms with van der Waals surface area (Å²) in [5.41, 5.74) is 1.22. The topological polar surface area (TPSA) is 66.5 Å². The maximum absolute atomic E-state index is 13.7. The van der Waals surface area contributed by atoms with Gasteiger partial charge in [-0.2, -0.15) is 13.2 Å². The highest BCUT2D eigenvalue weighted by atomic mass is 35.5. The van der Waals surface area contributed by atoms with E-state index < -0.39 is 63.2 Å². The number of nitrogens with zero attached hydrogens (tertiary/aromatic N) is 1. The fourth-order valence-electron chi connectivity index (χ4n) is 6.21. The standard InChI is InChI=1S/C28H19Cl2F3N2O3/c29-26-15-7-1-2-8-16(15)27(30,18-10-4-3-9-17(18)26)23-22(26)24(37)35(25(23)38)14-13-21(36)34-20-12-6-5-11-19(20)28(31,32)33/h1-12,22-23H,13-14H2,(H,34,36)/t22-,23-,26?,27?/m0/s1. The van der Waals surface area contributed by atoms with Crippen LogP contribution in [0, 0.1) is 11.8 Å². The summed E-state index contributed by atoms with van der Waals surface area (Å²) < 4.78 is 39.9. The Morgan fingerprint density at radius 3 is 1.66 bits per heavy atom. The molecule has 0 aromatic heterocycles. The van der Waals surface area contributed by atoms with E-state index in [0.717, 1.165) is 17.0 Å². The molecule has 194 valence electrons. The lowest BCUT2D eigenvalue weighted by Crippen LogP contribution is -2.57. The average molecular weight is 559 g/mol. The Morgan fingerprint density at radius 2 is 1.21 bits per heavy atom. The fourth-order valence-corrected chi connectivity index (χ4v) is 7.31. The van der Waals surface area contributed by atoms with Gasteiger partial charge in [0.25, 0.3) is 0 Å². The number of likely N-dealkylation sites (tertiary alicyclic amines) is 1. The largest absolute Gasteiger partial charge is 0.418 e. The van der Waals surface area contributed by atoms with Gasteiger partial charge in [0.2, 0.25) is 17.7 Å². The molecule has 3 aliphatic carbocycles. The Bertz CT molecular complexity index is 1400. The number of anilines is 1. The molecule has 38 heavy (non-hydrogen) atoms. The van der Waals surface area contributed by atoms with Crippen molar-refractivity contribution in [1.82, 2.24) is 4.90 Å². The molecule has 2 atom stereocenters. The summed E-state index contributed by atoms with van der Waals surface area (Å²) in [5.74, 6) is -3.91. The molecule has 1 aliphatic heterocycles. The van der Waals surface area contributed by atoms with Gasteiger partial charge in [-0.1, -0.05) is 60.7 Å². The number of rotatable bonds is 4. The molecule has 7 rings (SSSR count). The lowest BCUT2D eigenvalue weighted by atomic mass is 9.54. The van der Waals surface area contributed by atoms with Crippen LogP contribution in [0.5, 0.6) is 0 Å². The van der Waals surface area contributed by atoms with Crippen LogP contribution in [0.3, 0.4) is 0 Å². The Morgan fingerprint density at radius 1 is 0.789 bits per heavy atom. The van der Waals surface area contributed by atoms with Crippen LogP contribution in [0.4, 0.5) is 18.9 Å². The molecule has 0 radical (unpaired) electrons. The van der Waals surface area contributed by atoms with E-state index in [4.69, 9.17) is 23.2 Å². The second-order valence-corrected chi connectivity index (χ2v) is 10.8. The summed E-state index contributed by atoms with van der Waals surface area (Å²) in [4.78, 5) is 38.4. The number of benzene rings is 3. The summed E-state index contributed by atoms with van der Waals surface area (Å²) in [6, 6.07) is 19.0. The number of nitrogens with one attached hydrogen (secondary N) is 1. The molecule has 1 N–H and O–H groups in total. The third-order valence-corrected chi connectivity index (χ3v) is 9.03. The molecular formula is C28H19Cl2F3N2O3. The van der Waals surface area contributed by atoms with Gasteiger partial charge in [-0.05, 0) is 34.4 Å². The van der Waals surface area contributed by atoms with Crippen molar-refractivity contribution in [3.63, 3.8) is 0 Å². The minimum absolute atomic E-state index is 0.322. The Labute approximate surface area is 225 Å². The van der Waals surface area contributed by atoms with Gasteiger partial charge in [0.05, 0.1) is 23.1 Å². The number of imide groups is 1. The summed E-state index contributed by atoms with van der Waals surface area (Å²) in [5, 5.41) is 2.25. The molecule has 3 aromatic rings. The van der Waals surface area contributed by atoms with E-state index in [2.05, 4.69) is 5.32 Å². The van der Waals surface area contributed by atoms with Crippen molar-refractivity contribution in [2.45, 2.75) is 22.3 Å². The number of amides is 3. The van der Waals surface area contributed by atoms with Gasteiger partial charge in [-0.3, -0.25) is 19.3 Å². The van der Waals surface area contributed by atoms with Crippen molar-refractivity contribution < 1.29 is 27.6 Å². The highest BCUT2D eigenvalue weighted by Gasteiger charge is 2.72. The number of carbonyl (C=O) groups is 3. The monoisotopic (exact) mass is 558 g/mol. The molecule has 0 saturated carbocycles. The molecule has 3 aromatic carbocycles. The van der Waals surface area contributed by atoms with Gasteiger partial charge in [0.1, 0.15) is 9.75 Å². The number of halogens is 5. The zero-order chi connectivity index (χ0) is 27.0. The van der Waals surface area contributed by atoms with Crippen molar-refractivity contribution in [1.29, 1.82) is 0 Å². The Kier molecular flexibility index (Phi) is 5.46. The van der Waals surface area contributed by atoms with Crippen LogP contribution >= 0.6 is 23.2 Å². The van der Waals surface area contributed by atoms with E-state index in [1.54, 1.807) is 48.5 Å². The first kappa shape index (κ1) is 24.9. The summed E-state index contributed by atoms with van der Waals surface area (Å²) in [6.45, 7) is -0.322. The van der Waals surface area contributed by atoms with Crippen LogP contribution in [0.2, 0.25) is 0 Å². The van der Waals surface area contributed by atoms with E-state index in [1.165, 1.54) is 12.1 Å². The molecule has 3 amide bonds. The average Bonchev–Trinajstić information content (AvgIpc) is 3.16. The number of para-hydroxylation sites is 1. The third-order valence-electron chi connectivity index (χ3n) is 7.75. The van der Waals surface area contributed by atoms with Crippen LogP contribution in [0.25, 0.3) is 0 Å². The zero-order valence-corrected chi connectivity index (χ0v) is 21.1. The predicted octanol–water partition coefficient (Wildman–Crippen LogP) is 5.63. The van der Waals surface area contributed by atoms with Gasteiger partial charge in [0, 0.05) is 13.0 Å². The summed E-state index contributed by atoms with van der Waals surface area (Å²) >= 11 is 14.7. The van der Waals surface area contributed by atoms with Gasteiger partial charge in [0.15, 0.2) is 0 Å². The van der Waals surface area contributed by atoms with E-state index in [0.29, 0.717) is 22.3 Å². The van der Waals surface area contributed by atoms with E-state index in [9.17, 15) is 27.6 Å². The van der Waals surface area contributed by atoms with Gasteiger partial charge < -0.3 is 5.32 Å². The van der Waals surface area contributed by atoms with E-state index in [-0.39, 0.29) is 6.54 Å². The van der Waals surface area contributed by atoms with Gasteiger partial charge >= 0.3 is 6.18 Å². The van der Waals surface area contributed by atoms with Crippen molar-refractivity contribution in [3.8, 4) is 0 Å². The first-order chi connectivity index (χ1) is 18.0. The highest BCUT2D eigenvalue weighted by Crippen LogP contribution is 2.69. The normalized spacial score (nSPS) is 27.1. The molecular weight excluding hydrogens is 540 g/mol. The molecule has 1 heterocycles. The van der Waals surface area contributed by atoms with Crippen molar-refractivity contribution in [3.05, 3.63) is 101 Å². The zero-order valence-electron chi connectivity index (χ0n) is 19.6. The molecule has 10 heteroatoms. The van der Waals surface area contributed by atoms with Crippen LogP contribution in [-0.4, -0.2) is 29.2 Å². The van der Waals surface area contributed by atoms with Gasteiger partial charge in [-0.15, -0.1) is 23.2 Å². The molecule has 0 unspecified atom stereocenters. The molecule has 1 saturated heterocycles. The maximum Gasteiger partial charge on any atom is 0.418 e. The van der Waals surface area contributed by atoms with Crippen LogP contribution in [0.15, 0.2) is 72.8 Å². The van der Waals surface area contributed by atoms with Crippen LogP contribution < -0.4 is 5.32 Å². The number of alkyl halides is 5. The lowest BCUT2D eigenvalue weighted by Gasteiger charge is -2.54. The molecule has 2 bridgehead atoms. The summed E-state index contributed by atoms with van der Waals surface area (Å²) in [6.07, 6.45) is -5.05. The van der Waals surface area contributed by atoms with Crippen molar-refractivity contribution in [2.24, 2.45) is 11.8 Å². The lowest BCUT2D eigenvalue weighted by molar-refractivity contribution is -0.140. The van der Waals surface area contributed by atoms with Crippen molar-refractivity contribution in [2.75, 3.05) is 11.9 Å². The number of carbonyl (C=O) groups excluding carboxylic acids is 3. The first-order valence-corrected chi connectivity index (χ1v) is 12.7. The quantitative estimate of drug-likeness (QED) is 0.333. The second kappa shape index (κ2) is 8.32. The Hall–Kier alpha value is -3.36. The molecule has 4 aliphatic rings. The van der Waals surface area contributed by atoms with Gasteiger partial charge in [-0.25, -0.2) is 0 Å². The Balaban J connectivity index is 1.31.